The van der Waals surface area contributed by atoms with Gasteiger partial charge in [0.15, 0.2) is 10.6 Å². The number of amides is 1. The molecule has 0 unspecified atom stereocenters. The van der Waals surface area contributed by atoms with Gasteiger partial charge in [-0.25, -0.2) is 0 Å². The summed E-state index contributed by atoms with van der Waals surface area (Å²) in [5.74, 6) is 1.39. The molecule has 0 atom stereocenters. The van der Waals surface area contributed by atoms with Crippen LogP contribution in [0.2, 0.25) is 0 Å². The minimum absolute atomic E-state index is 0.0734. The summed E-state index contributed by atoms with van der Waals surface area (Å²) in [6.07, 6.45) is 2.31. The Balaban J connectivity index is 1.67. The molecule has 140 valence electrons. The number of aromatic amines is 1. The summed E-state index contributed by atoms with van der Waals surface area (Å²) in [6.45, 7) is 0.436. The van der Waals surface area contributed by atoms with Crippen molar-refractivity contribution in [2.24, 2.45) is 0 Å². The summed E-state index contributed by atoms with van der Waals surface area (Å²) in [5, 5.41) is 10.0. The molecule has 0 aliphatic heterocycles. The van der Waals surface area contributed by atoms with Crippen molar-refractivity contribution in [2.75, 3.05) is 18.7 Å². The van der Waals surface area contributed by atoms with E-state index in [4.69, 9.17) is 17.0 Å². The fourth-order valence-electron chi connectivity index (χ4n) is 2.60. The minimum Gasteiger partial charge on any atom is -0.497 e. The normalized spacial score (nSPS) is 10.6. The van der Waals surface area contributed by atoms with E-state index in [-0.39, 0.29) is 5.91 Å². The number of anilines is 1. The first-order chi connectivity index (χ1) is 13.1. The Hall–Kier alpha value is -2.58. The Bertz CT molecular complexity index is 963. The quantitative estimate of drug-likeness (QED) is 0.455. The molecule has 3 aromatic rings. The van der Waals surface area contributed by atoms with Gasteiger partial charge in [-0.05, 0) is 67.0 Å². The van der Waals surface area contributed by atoms with Crippen LogP contribution in [0.1, 0.15) is 6.42 Å². The second-order valence-corrected chi connectivity index (χ2v) is 7.03. The largest absolute Gasteiger partial charge is 0.497 e. The van der Waals surface area contributed by atoms with Crippen LogP contribution >= 0.6 is 24.0 Å². The van der Waals surface area contributed by atoms with E-state index in [9.17, 15) is 4.79 Å². The van der Waals surface area contributed by atoms with Gasteiger partial charge in [0.05, 0.1) is 7.11 Å². The van der Waals surface area contributed by atoms with Gasteiger partial charge in [0.25, 0.3) is 0 Å². The molecule has 2 N–H and O–H groups in total. The molecule has 1 amide bonds. The van der Waals surface area contributed by atoms with Crippen LogP contribution < -0.4 is 10.1 Å². The fourth-order valence-corrected chi connectivity index (χ4v) is 3.23. The average Bonchev–Trinajstić information content (AvgIpc) is 3.07. The maximum absolute atomic E-state index is 12.3. The van der Waals surface area contributed by atoms with Gasteiger partial charge in [-0.15, -0.1) is 11.8 Å². The molecule has 0 saturated heterocycles. The van der Waals surface area contributed by atoms with Gasteiger partial charge >= 0.3 is 0 Å². The number of carbonyl (C=O) groups excluding carboxylic acids is 1. The van der Waals surface area contributed by atoms with Crippen molar-refractivity contribution in [3.05, 3.63) is 53.3 Å². The van der Waals surface area contributed by atoms with Gasteiger partial charge in [-0.1, -0.05) is 0 Å². The molecule has 0 radical (unpaired) electrons. The molecule has 8 heteroatoms. The Labute approximate surface area is 167 Å². The molecule has 0 spiro atoms. The molecule has 27 heavy (non-hydrogen) atoms. The van der Waals surface area contributed by atoms with Crippen molar-refractivity contribution in [1.29, 1.82) is 0 Å². The van der Waals surface area contributed by atoms with Gasteiger partial charge in [0.1, 0.15) is 5.75 Å². The summed E-state index contributed by atoms with van der Waals surface area (Å²) in [4.78, 5) is 13.4. The molecule has 1 aromatic heterocycles. The first kappa shape index (κ1) is 19.2. The van der Waals surface area contributed by atoms with Crippen LogP contribution in [0.25, 0.3) is 11.4 Å². The predicted octanol–water partition coefficient (Wildman–Crippen LogP) is 4.37. The zero-order chi connectivity index (χ0) is 19.2. The van der Waals surface area contributed by atoms with Crippen molar-refractivity contribution in [1.82, 2.24) is 14.8 Å². The SMILES string of the molecule is COc1ccc(-c2n[nH]c(=S)n2CCC(=O)Nc2ccc(SC)cc2)cc1. The van der Waals surface area contributed by atoms with E-state index in [0.717, 1.165) is 21.9 Å². The topological polar surface area (TPSA) is 71.9 Å². The van der Waals surface area contributed by atoms with Gasteiger partial charge in [-0.3, -0.25) is 14.5 Å². The highest BCUT2D eigenvalue weighted by Crippen LogP contribution is 2.21. The highest BCUT2D eigenvalue weighted by Gasteiger charge is 2.11. The van der Waals surface area contributed by atoms with Crippen molar-refractivity contribution < 1.29 is 9.53 Å². The number of hydrogen-bond donors (Lipinski definition) is 2. The maximum Gasteiger partial charge on any atom is 0.226 e. The molecule has 0 saturated carbocycles. The van der Waals surface area contributed by atoms with Crippen LogP contribution in [0.4, 0.5) is 5.69 Å². The van der Waals surface area contributed by atoms with Crippen LogP contribution in [-0.2, 0) is 11.3 Å². The number of ether oxygens (including phenoxy) is 1. The standard InChI is InChI=1S/C19H20N4O2S2/c1-25-15-7-3-13(4-8-15)18-21-22-19(26)23(18)12-11-17(24)20-14-5-9-16(27-2)10-6-14/h3-10H,11-12H2,1-2H3,(H,20,24)(H,22,26). The van der Waals surface area contributed by atoms with Crippen molar-refractivity contribution in [3.63, 3.8) is 0 Å². The number of thioether (sulfide) groups is 1. The lowest BCUT2D eigenvalue weighted by molar-refractivity contribution is -0.116. The van der Waals surface area contributed by atoms with Crippen LogP contribution in [0.3, 0.4) is 0 Å². The van der Waals surface area contributed by atoms with Crippen LogP contribution in [0.5, 0.6) is 5.75 Å². The Morgan fingerprint density at radius 3 is 2.56 bits per heavy atom. The zero-order valence-corrected chi connectivity index (χ0v) is 16.7. The van der Waals surface area contributed by atoms with E-state index in [1.54, 1.807) is 18.9 Å². The van der Waals surface area contributed by atoms with E-state index in [1.165, 1.54) is 0 Å². The fraction of sp³-hybridized carbons (Fsp3) is 0.211. The van der Waals surface area contributed by atoms with E-state index < -0.39 is 0 Å². The highest BCUT2D eigenvalue weighted by molar-refractivity contribution is 7.98. The van der Waals surface area contributed by atoms with Gasteiger partial charge < -0.3 is 10.1 Å². The maximum atomic E-state index is 12.3. The second kappa shape index (κ2) is 8.88. The number of carbonyl (C=O) groups is 1. The summed E-state index contributed by atoms with van der Waals surface area (Å²) in [7, 11) is 1.62. The second-order valence-electron chi connectivity index (χ2n) is 5.76. The van der Waals surface area contributed by atoms with Gasteiger partial charge in [-0.2, -0.15) is 5.10 Å². The van der Waals surface area contributed by atoms with Crippen molar-refractivity contribution in [2.45, 2.75) is 17.9 Å². The van der Waals surface area contributed by atoms with Gasteiger partial charge in [0, 0.05) is 29.1 Å². The first-order valence-electron chi connectivity index (χ1n) is 8.34. The van der Waals surface area contributed by atoms with E-state index >= 15 is 0 Å². The van der Waals surface area contributed by atoms with Gasteiger partial charge in [0.2, 0.25) is 5.91 Å². The average molecular weight is 401 g/mol. The summed E-state index contributed by atoms with van der Waals surface area (Å²) in [6, 6.07) is 15.3. The molecular weight excluding hydrogens is 380 g/mol. The number of rotatable bonds is 7. The Morgan fingerprint density at radius 2 is 1.93 bits per heavy atom. The third-order valence-corrected chi connectivity index (χ3v) is 5.10. The summed E-state index contributed by atoms with van der Waals surface area (Å²) >= 11 is 6.98. The molecule has 0 aliphatic carbocycles. The number of aromatic nitrogens is 3. The van der Waals surface area contributed by atoms with Crippen molar-refractivity contribution in [3.8, 4) is 17.1 Å². The molecule has 6 nitrogen and oxygen atoms in total. The smallest absolute Gasteiger partial charge is 0.226 e. The number of H-pyrrole nitrogens is 1. The van der Waals surface area contributed by atoms with Crippen LogP contribution in [-0.4, -0.2) is 34.0 Å². The Morgan fingerprint density at radius 1 is 1.22 bits per heavy atom. The monoisotopic (exact) mass is 400 g/mol. The molecule has 3 rings (SSSR count). The zero-order valence-electron chi connectivity index (χ0n) is 15.1. The molecule has 0 aliphatic rings. The third kappa shape index (κ3) is 4.78. The van der Waals surface area contributed by atoms with Crippen LogP contribution in [0, 0.1) is 4.77 Å². The molecule has 2 aromatic carbocycles. The Kier molecular flexibility index (Phi) is 6.31. The number of methoxy groups -OCH3 is 1. The van der Waals surface area contributed by atoms with E-state index in [2.05, 4.69) is 15.5 Å². The molecule has 1 heterocycles. The lowest BCUT2D eigenvalue weighted by Crippen LogP contribution is -2.15. The summed E-state index contributed by atoms with van der Waals surface area (Å²) in [5.41, 5.74) is 1.68. The molecule has 0 bridgehead atoms. The minimum atomic E-state index is -0.0734. The van der Waals surface area contributed by atoms with Crippen LogP contribution in [0.15, 0.2) is 53.4 Å². The number of hydrogen-bond acceptors (Lipinski definition) is 5. The summed E-state index contributed by atoms with van der Waals surface area (Å²) < 4.78 is 7.49. The van der Waals surface area contributed by atoms with Crippen molar-refractivity contribution >= 4 is 35.6 Å². The van der Waals surface area contributed by atoms with E-state index in [0.29, 0.717) is 23.6 Å². The van der Waals surface area contributed by atoms with E-state index in [1.807, 2.05) is 59.4 Å². The highest BCUT2D eigenvalue weighted by atomic mass is 32.2. The first-order valence-corrected chi connectivity index (χ1v) is 9.97. The molecular formula is C19H20N4O2S2. The number of nitrogens with one attached hydrogen (secondary N) is 2. The lowest BCUT2D eigenvalue weighted by Gasteiger charge is -2.09. The molecule has 0 fully saturated rings. The lowest BCUT2D eigenvalue weighted by atomic mass is 10.2. The predicted molar refractivity (Wildman–Crippen MR) is 111 cm³/mol. The number of nitrogens with zero attached hydrogens (tertiary/aromatic N) is 2. The third-order valence-electron chi connectivity index (χ3n) is 4.04. The number of benzene rings is 2.